The lowest BCUT2D eigenvalue weighted by molar-refractivity contribution is -0.172. The number of aryl methyl sites for hydroxylation is 1. The van der Waals surface area contributed by atoms with Gasteiger partial charge < -0.3 is 41.0 Å². The fourth-order valence-electron chi connectivity index (χ4n) is 11.2. The monoisotopic (exact) mass is 1010 g/mol. The number of hydrogen-bond acceptors (Lipinski definition) is 12. The second-order valence-electron chi connectivity index (χ2n) is 21.5. The van der Waals surface area contributed by atoms with E-state index in [0.29, 0.717) is 64.7 Å². The molecule has 1 aliphatic carbocycles. The minimum atomic E-state index is -2.05. The topological polar surface area (TPSA) is 247 Å². The van der Waals surface area contributed by atoms with Crippen LogP contribution in [0.1, 0.15) is 147 Å². The van der Waals surface area contributed by atoms with Gasteiger partial charge in [-0.05, 0) is 106 Å². The van der Waals surface area contributed by atoms with E-state index in [1.165, 1.54) is 10.6 Å². The SMILES string of the molecule is CC[C@H](C)[C@H](CC(=O)[C@H](CC(C)C)NC(=O)CNC(=O)[C@@H](NC(=O)[C@@H]1CCCN1C(C)C)C(C)C)C(=O)NCC(=O)N[C@H]1CCc2c(C)c(F)cc3nc4c(c1c23)Cn1c-4cc2c(c1=O)COC(=O)[C@]2(O)CC. The van der Waals surface area contributed by atoms with Gasteiger partial charge in [-0.3, -0.25) is 38.5 Å². The van der Waals surface area contributed by atoms with E-state index in [-0.39, 0.29) is 85.1 Å². The highest BCUT2D eigenvalue weighted by Crippen LogP contribution is 2.46. The highest BCUT2D eigenvalue weighted by atomic mass is 19.1. The number of aliphatic hydroxyl groups is 1. The van der Waals surface area contributed by atoms with Gasteiger partial charge in [0.25, 0.3) is 5.56 Å². The number of fused-ring (bicyclic) bond motifs is 5. The molecular weight excluding hydrogens is 940 g/mol. The molecule has 0 bridgehead atoms. The molecule has 3 aliphatic heterocycles. The fourth-order valence-corrected chi connectivity index (χ4v) is 11.2. The van der Waals surface area contributed by atoms with E-state index in [4.69, 9.17) is 9.72 Å². The molecule has 5 amide bonds. The van der Waals surface area contributed by atoms with Crippen LogP contribution in [-0.2, 0) is 63.5 Å². The van der Waals surface area contributed by atoms with E-state index in [2.05, 4.69) is 31.5 Å². The lowest BCUT2D eigenvalue weighted by Gasteiger charge is -2.31. The second-order valence-corrected chi connectivity index (χ2v) is 21.5. The zero-order chi connectivity index (χ0) is 53.4. The van der Waals surface area contributed by atoms with Crippen LogP contribution in [0.25, 0.3) is 22.3 Å². The van der Waals surface area contributed by atoms with Gasteiger partial charge >= 0.3 is 5.97 Å². The van der Waals surface area contributed by atoms with E-state index >= 15 is 4.39 Å². The molecule has 7 atom stereocenters. The summed E-state index contributed by atoms with van der Waals surface area (Å²) >= 11 is 0. The lowest BCUT2D eigenvalue weighted by atomic mass is 9.81. The van der Waals surface area contributed by atoms with Crippen LogP contribution in [0.5, 0.6) is 0 Å². The largest absolute Gasteiger partial charge is 0.458 e. The Labute approximate surface area is 425 Å². The van der Waals surface area contributed by atoms with Crippen molar-refractivity contribution < 1.29 is 47.8 Å². The Morgan fingerprint density at radius 3 is 2.27 bits per heavy atom. The molecule has 1 saturated heterocycles. The summed E-state index contributed by atoms with van der Waals surface area (Å²) in [6, 6.07) is 0.248. The molecule has 73 heavy (non-hydrogen) atoms. The molecule has 0 unspecified atom stereocenters. The number of ether oxygens (including phenoxy) is 1. The number of carbonyl (C=O) groups excluding carboxylic acids is 7. The normalized spacial score (nSPS) is 20.7. The number of nitrogens with one attached hydrogen (secondary N) is 5. The van der Waals surface area contributed by atoms with Crippen molar-refractivity contribution in [3.05, 3.63) is 61.7 Å². The van der Waals surface area contributed by atoms with Gasteiger partial charge in [0, 0.05) is 41.0 Å². The Hall–Kier alpha value is -6.08. The minimum absolute atomic E-state index is 0.0238. The van der Waals surface area contributed by atoms with Gasteiger partial charge in [-0.1, -0.05) is 54.9 Å². The second kappa shape index (κ2) is 22.2. The zero-order valence-electron chi connectivity index (χ0n) is 43.9. The minimum Gasteiger partial charge on any atom is -0.458 e. The number of rotatable bonds is 20. The first-order valence-corrected chi connectivity index (χ1v) is 26.0. The summed E-state index contributed by atoms with van der Waals surface area (Å²) < 4.78 is 22.2. The van der Waals surface area contributed by atoms with Crippen LogP contribution in [-0.4, -0.2) is 105 Å². The summed E-state index contributed by atoms with van der Waals surface area (Å²) in [7, 11) is 0. The molecule has 6 N–H and O–H groups in total. The first kappa shape index (κ1) is 54.7. The number of esters is 1. The average Bonchev–Trinajstić information content (AvgIpc) is 4.00. The maximum absolute atomic E-state index is 15.5. The van der Waals surface area contributed by atoms with E-state index in [1.807, 2.05) is 55.4 Å². The number of hydrogen-bond donors (Lipinski definition) is 6. The van der Waals surface area contributed by atoms with E-state index < -0.39 is 83.7 Å². The van der Waals surface area contributed by atoms with E-state index in [1.54, 1.807) is 19.9 Å². The van der Waals surface area contributed by atoms with Crippen LogP contribution in [0.3, 0.4) is 0 Å². The Morgan fingerprint density at radius 1 is 0.918 bits per heavy atom. The zero-order valence-corrected chi connectivity index (χ0v) is 43.9. The lowest BCUT2D eigenvalue weighted by Crippen LogP contribution is -2.56. The Kier molecular flexibility index (Phi) is 16.6. The number of benzene rings is 1. The first-order chi connectivity index (χ1) is 34.5. The van der Waals surface area contributed by atoms with Crippen LogP contribution in [0, 0.1) is 36.4 Å². The van der Waals surface area contributed by atoms with Crippen molar-refractivity contribution in [3.63, 3.8) is 0 Å². The predicted molar refractivity (Wildman–Crippen MR) is 270 cm³/mol. The molecule has 5 heterocycles. The number of aromatic nitrogens is 2. The average molecular weight is 1010 g/mol. The van der Waals surface area contributed by atoms with Gasteiger partial charge in [0.15, 0.2) is 11.4 Å². The number of pyridine rings is 2. The standard InChI is InChI=1S/C54H73FN8O10/c1-11-29(9)32(19-42(64)38(18-26(3)4)59-44(66)23-57-51(69)47(27(5)6)61-50(68)40-14-13-17-62(40)28(7)8)49(67)56-22-43(65)58-37-16-15-31-30(10)36(55)21-39-45(31)46(37)33-24-63-41(48(33)60-39)20-35-34(52(63)70)25-73-53(71)54(35,72)12-2/h20-21,26-29,32,37-38,40,47,72H,11-19,22-25H2,1-10H3,(H,56,67)(H,57,69)(H,58,65)(H,59,66)(H,61,68)/t29-,32-,37-,38-,40-,47-,54-/m0/s1. The summed E-state index contributed by atoms with van der Waals surface area (Å²) in [5, 5.41) is 26.2. The summed E-state index contributed by atoms with van der Waals surface area (Å²) in [6.07, 6.45) is 2.89. The Balaban J connectivity index is 1.03. The van der Waals surface area contributed by atoms with Crippen LogP contribution in [0.2, 0.25) is 0 Å². The van der Waals surface area contributed by atoms with Crippen molar-refractivity contribution in [2.24, 2.45) is 23.7 Å². The number of nitrogens with zero attached hydrogens (tertiary/aromatic N) is 3. The Morgan fingerprint density at radius 2 is 1.62 bits per heavy atom. The summed E-state index contributed by atoms with van der Waals surface area (Å²) in [6.45, 7) is 18.2. The molecule has 1 aromatic carbocycles. The molecule has 2 aromatic heterocycles. The molecule has 0 radical (unpaired) electrons. The summed E-state index contributed by atoms with van der Waals surface area (Å²) in [5.74, 6) is -5.52. The third-order valence-electron chi connectivity index (χ3n) is 15.6. The Bertz CT molecular complexity index is 2770. The summed E-state index contributed by atoms with van der Waals surface area (Å²) in [4.78, 5) is 116. The van der Waals surface area contributed by atoms with Gasteiger partial charge in [0.2, 0.25) is 29.5 Å². The van der Waals surface area contributed by atoms with Gasteiger partial charge in [-0.25, -0.2) is 14.2 Å². The molecule has 19 heteroatoms. The van der Waals surface area contributed by atoms with Crippen molar-refractivity contribution in [3.8, 4) is 11.4 Å². The predicted octanol–water partition coefficient (Wildman–Crippen LogP) is 4.03. The van der Waals surface area contributed by atoms with E-state index in [0.717, 1.165) is 18.5 Å². The maximum Gasteiger partial charge on any atom is 0.343 e. The molecular formula is C54H73FN8O10. The number of carbonyl (C=O) groups is 7. The molecule has 0 spiro atoms. The van der Waals surface area contributed by atoms with Gasteiger partial charge in [0.1, 0.15) is 18.5 Å². The van der Waals surface area contributed by atoms with Gasteiger partial charge in [-0.2, -0.15) is 0 Å². The molecule has 0 saturated carbocycles. The summed E-state index contributed by atoms with van der Waals surface area (Å²) in [5.41, 5.74) is 1.26. The van der Waals surface area contributed by atoms with Crippen LogP contribution >= 0.6 is 0 Å². The van der Waals surface area contributed by atoms with Crippen molar-refractivity contribution in [2.75, 3.05) is 19.6 Å². The highest BCUT2D eigenvalue weighted by Gasteiger charge is 2.46. The highest BCUT2D eigenvalue weighted by molar-refractivity contribution is 5.97. The molecule has 3 aromatic rings. The van der Waals surface area contributed by atoms with E-state index in [9.17, 15) is 43.5 Å². The molecule has 7 rings (SSSR count). The molecule has 18 nitrogen and oxygen atoms in total. The smallest absolute Gasteiger partial charge is 0.343 e. The third-order valence-corrected chi connectivity index (χ3v) is 15.6. The quantitative estimate of drug-likeness (QED) is 0.0688. The van der Waals surface area contributed by atoms with Gasteiger partial charge in [0.05, 0.1) is 60.2 Å². The number of likely N-dealkylation sites (tertiary alicyclic amines) is 1. The van der Waals surface area contributed by atoms with Crippen molar-refractivity contribution >= 4 is 52.2 Å². The first-order valence-electron chi connectivity index (χ1n) is 26.0. The number of Topliss-reactive ketones (excluding diaryl/α,β-unsaturated/α-hetero) is 1. The number of ketones is 1. The van der Waals surface area contributed by atoms with Crippen LogP contribution in [0.15, 0.2) is 16.9 Å². The van der Waals surface area contributed by atoms with Crippen molar-refractivity contribution in [1.29, 1.82) is 0 Å². The number of halogens is 1. The maximum atomic E-state index is 15.5. The fraction of sp³-hybridized carbons (Fsp3) is 0.611. The molecule has 4 aliphatic rings. The molecule has 1 fully saturated rings. The van der Waals surface area contributed by atoms with Crippen molar-refractivity contribution in [2.45, 2.75) is 170 Å². The molecule has 396 valence electrons. The van der Waals surface area contributed by atoms with Gasteiger partial charge in [-0.15, -0.1) is 0 Å². The third kappa shape index (κ3) is 10.9. The number of cyclic esters (lactones) is 1. The van der Waals surface area contributed by atoms with Crippen LogP contribution in [0.4, 0.5) is 4.39 Å². The van der Waals surface area contributed by atoms with Crippen LogP contribution < -0.4 is 32.1 Å². The van der Waals surface area contributed by atoms with Crippen molar-refractivity contribution in [1.82, 2.24) is 41.0 Å². The number of amides is 5.